The second-order valence-corrected chi connectivity index (χ2v) is 13.2. The van der Waals surface area contributed by atoms with Crippen LogP contribution in [0, 0.1) is 11.3 Å². The zero-order chi connectivity index (χ0) is 25.1. The van der Waals surface area contributed by atoms with E-state index in [-0.39, 0.29) is 5.97 Å². The van der Waals surface area contributed by atoms with Crippen LogP contribution in [0.3, 0.4) is 0 Å². The molecule has 0 spiro atoms. The van der Waals surface area contributed by atoms with E-state index >= 15 is 0 Å². The third-order valence-corrected chi connectivity index (χ3v) is 9.44. The Morgan fingerprint density at radius 1 is 0.914 bits per heavy atom. The molecule has 3 heterocycles. The number of benzene rings is 1. The molecular weight excluding hydrogens is 464 g/mol. The molecule has 0 saturated carbocycles. The fraction of sp³-hybridized carbons (Fsp3) is 0.731. The SMILES string of the molecule is CC(C)(C)C(=O)ON1CCC(CCN2CCN(c3ccc(S(=O)(=O)N4CCCC4)cc3)CC2)CC1. The smallest absolute Gasteiger partial charge is 0.330 e. The number of piperazine rings is 1. The summed E-state index contributed by atoms with van der Waals surface area (Å²) in [5.74, 6) is 0.527. The molecule has 0 radical (unpaired) electrons. The molecule has 3 aliphatic heterocycles. The van der Waals surface area contributed by atoms with Crippen LogP contribution in [0.4, 0.5) is 5.69 Å². The van der Waals surface area contributed by atoms with Crippen LogP contribution in [0.1, 0.15) is 52.9 Å². The van der Waals surface area contributed by atoms with Crippen LogP contribution in [0.25, 0.3) is 0 Å². The Balaban J connectivity index is 1.17. The third-order valence-electron chi connectivity index (χ3n) is 7.53. The molecule has 4 rings (SSSR count). The number of anilines is 1. The molecule has 0 unspecified atom stereocenters. The molecule has 0 aliphatic carbocycles. The Bertz CT molecular complexity index is 939. The van der Waals surface area contributed by atoms with E-state index in [0.717, 1.165) is 77.2 Å². The maximum atomic E-state index is 12.8. The number of sulfonamides is 1. The Morgan fingerprint density at radius 2 is 1.51 bits per heavy atom. The van der Waals surface area contributed by atoms with Crippen molar-refractivity contribution < 1.29 is 18.0 Å². The standard InChI is InChI=1S/C26H42N4O4S/c1-26(2,3)25(31)34-29-16-11-22(12-17-29)10-15-27-18-20-28(21-19-27)23-6-8-24(9-7-23)35(32,33)30-13-4-5-14-30/h6-9,22H,4-5,10-21H2,1-3H3. The van der Waals surface area contributed by atoms with Crippen molar-refractivity contribution in [1.29, 1.82) is 0 Å². The molecule has 3 aliphatic rings. The lowest BCUT2D eigenvalue weighted by molar-refractivity contribution is -0.206. The summed E-state index contributed by atoms with van der Waals surface area (Å²) in [6.45, 7) is 13.6. The molecule has 0 bridgehead atoms. The van der Waals surface area contributed by atoms with Crippen LogP contribution >= 0.6 is 0 Å². The molecule has 3 fully saturated rings. The molecule has 1 aromatic rings. The summed E-state index contributed by atoms with van der Waals surface area (Å²) in [7, 11) is -3.35. The number of hydroxylamine groups is 2. The van der Waals surface area contributed by atoms with E-state index in [4.69, 9.17) is 4.84 Å². The fourth-order valence-electron chi connectivity index (χ4n) is 5.04. The molecule has 0 aromatic heterocycles. The Hall–Kier alpha value is -1.68. The van der Waals surface area contributed by atoms with E-state index in [9.17, 15) is 13.2 Å². The van der Waals surface area contributed by atoms with Gasteiger partial charge in [0.1, 0.15) is 0 Å². The number of piperidine rings is 1. The van der Waals surface area contributed by atoms with Gasteiger partial charge in [0.25, 0.3) is 0 Å². The fourth-order valence-corrected chi connectivity index (χ4v) is 6.56. The highest BCUT2D eigenvalue weighted by Crippen LogP contribution is 2.26. The summed E-state index contributed by atoms with van der Waals surface area (Å²) in [5.41, 5.74) is 0.633. The molecule has 196 valence electrons. The van der Waals surface area contributed by atoms with E-state index in [1.165, 1.54) is 6.42 Å². The van der Waals surface area contributed by atoms with Gasteiger partial charge in [0.15, 0.2) is 0 Å². The molecule has 8 nitrogen and oxygen atoms in total. The highest BCUT2D eigenvalue weighted by atomic mass is 32.2. The minimum Gasteiger partial charge on any atom is -0.369 e. The first kappa shape index (κ1) is 26.4. The van der Waals surface area contributed by atoms with Gasteiger partial charge >= 0.3 is 5.97 Å². The van der Waals surface area contributed by atoms with Crippen molar-refractivity contribution in [1.82, 2.24) is 14.3 Å². The lowest BCUT2D eigenvalue weighted by Gasteiger charge is -2.37. The van der Waals surface area contributed by atoms with Crippen LogP contribution in [0.5, 0.6) is 0 Å². The van der Waals surface area contributed by atoms with Gasteiger partial charge in [0, 0.05) is 58.0 Å². The molecule has 35 heavy (non-hydrogen) atoms. The van der Waals surface area contributed by atoms with Crippen LogP contribution < -0.4 is 4.90 Å². The Labute approximate surface area is 211 Å². The van der Waals surface area contributed by atoms with E-state index in [0.29, 0.717) is 23.9 Å². The summed E-state index contributed by atoms with van der Waals surface area (Å²) in [5, 5.41) is 1.84. The molecule has 0 atom stereocenters. The van der Waals surface area contributed by atoms with Gasteiger partial charge in [-0.2, -0.15) is 4.31 Å². The lowest BCUT2D eigenvalue weighted by Crippen LogP contribution is -2.47. The second kappa shape index (κ2) is 11.2. The van der Waals surface area contributed by atoms with E-state index in [2.05, 4.69) is 9.80 Å². The number of carbonyl (C=O) groups is 1. The molecule has 3 saturated heterocycles. The third kappa shape index (κ3) is 6.76. The van der Waals surface area contributed by atoms with E-state index in [1.807, 2.05) is 38.0 Å². The first-order chi connectivity index (χ1) is 16.6. The summed E-state index contributed by atoms with van der Waals surface area (Å²) in [6.07, 6.45) is 5.24. The van der Waals surface area contributed by atoms with Gasteiger partial charge in [-0.25, -0.2) is 13.2 Å². The van der Waals surface area contributed by atoms with Crippen LogP contribution in [-0.4, -0.2) is 87.6 Å². The van der Waals surface area contributed by atoms with Crippen LogP contribution in [0.2, 0.25) is 0 Å². The predicted octanol–water partition coefficient (Wildman–Crippen LogP) is 3.20. The Morgan fingerprint density at radius 3 is 2.09 bits per heavy atom. The average Bonchev–Trinajstić information content (AvgIpc) is 3.40. The minimum absolute atomic E-state index is 0.156. The zero-order valence-electron chi connectivity index (χ0n) is 21.6. The highest BCUT2D eigenvalue weighted by molar-refractivity contribution is 7.89. The van der Waals surface area contributed by atoms with Crippen molar-refractivity contribution in [2.75, 3.05) is 63.8 Å². The number of carbonyl (C=O) groups excluding carboxylic acids is 1. The minimum atomic E-state index is -3.35. The van der Waals surface area contributed by atoms with Gasteiger partial charge in [0.05, 0.1) is 10.3 Å². The van der Waals surface area contributed by atoms with Crippen LogP contribution in [0.15, 0.2) is 29.2 Å². The maximum Gasteiger partial charge on any atom is 0.330 e. The monoisotopic (exact) mass is 506 g/mol. The summed E-state index contributed by atoms with van der Waals surface area (Å²) in [4.78, 5) is 22.9. The van der Waals surface area contributed by atoms with Gasteiger partial charge in [-0.15, -0.1) is 5.06 Å². The number of hydrogen-bond donors (Lipinski definition) is 0. The van der Waals surface area contributed by atoms with Gasteiger partial charge in [-0.1, -0.05) is 0 Å². The zero-order valence-corrected chi connectivity index (χ0v) is 22.4. The van der Waals surface area contributed by atoms with E-state index < -0.39 is 15.4 Å². The highest BCUT2D eigenvalue weighted by Gasteiger charge is 2.29. The largest absolute Gasteiger partial charge is 0.369 e. The van der Waals surface area contributed by atoms with Gasteiger partial charge in [0.2, 0.25) is 10.0 Å². The first-order valence-electron chi connectivity index (χ1n) is 13.2. The topological polar surface area (TPSA) is 73.4 Å². The van der Waals surface area contributed by atoms with Gasteiger partial charge in [-0.05, 0) is 89.6 Å². The molecule has 0 N–H and O–H groups in total. The molecule has 0 amide bonds. The first-order valence-corrected chi connectivity index (χ1v) is 14.6. The molecule has 1 aromatic carbocycles. The van der Waals surface area contributed by atoms with Crippen molar-refractivity contribution in [3.05, 3.63) is 24.3 Å². The lowest BCUT2D eigenvalue weighted by atomic mass is 9.94. The average molecular weight is 507 g/mol. The van der Waals surface area contributed by atoms with Crippen molar-refractivity contribution in [3.8, 4) is 0 Å². The van der Waals surface area contributed by atoms with Crippen molar-refractivity contribution in [2.45, 2.75) is 57.8 Å². The number of rotatable bonds is 7. The maximum absolute atomic E-state index is 12.8. The Kier molecular flexibility index (Phi) is 8.41. The molecular formula is C26H42N4O4S. The normalized spacial score (nSPS) is 22.0. The van der Waals surface area contributed by atoms with Gasteiger partial charge < -0.3 is 9.74 Å². The summed E-state index contributed by atoms with van der Waals surface area (Å²) in [6, 6.07) is 7.44. The summed E-state index contributed by atoms with van der Waals surface area (Å²) >= 11 is 0. The van der Waals surface area contributed by atoms with Crippen LogP contribution in [-0.2, 0) is 19.7 Å². The van der Waals surface area contributed by atoms with E-state index in [1.54, 1.807) is 16.4 Å². The quantitative estimate of drug-likeness (QED) is 0.562. The summed E-state index contributed by atoms with van der Waals surface area (Å²) < 4.78 is 27.1. The number of hydrogen-bond acceptors (Lipinski definition) is 7. The van der Waals surface area contributed by atoms with Gasteiger partial charge in [-0.3, -0.25) is 4.90 Å². The predicted molar refractivity (Wildman–Crippen MR) is 138 cm³/mol. The second-order valence-electron chi connectivity index (χ2n) is 11.2. The van der Waals surface area contributed by atoms with Crippen molar-refractivity contribution >= 4 is 21.7 Å². The van der Waals surface area contributed by atoms with Crippen molar-refractivity contribution in [2.24, 2.45) is 11.3 Å². The molecule has 9 heteroatoms. The van der Waals surface area contributed by atoms with Crippen molar-refractivity contribution in [3.63, 3.8) is 0 Å². The number of nitrogens with zero attached hydrogens (tertiary/aromatic N) is 4.